The van der Waals surface area contributed by atoms with Crippen molar-refractivity contribution in [2.24, 2.45) is 0 Å². The third kappa shape index (κ3) is 2.32. The molecule has 2 rings (SSSR count). The molecule has 1 amide bonds. The molecule has 0 radical (unpaired) electrons. The fourth-order valence-electron chi connectivity index (χ4n) is 1.30. The number of benzene rings is 1. The first-order valence-corrected chi connectivity index (χ1v) is 4.78. The van der Waals surface area contributed by atoms with E-state index in [0.29, 0.717) is 0 Å². The van der Waals surface area contributed by atoms with Crippen molar-refractivity contribution in [1.82, 2.24) is 15.4 Å². The van der Waals surface area contributed by atoms with Gasteiger partial charge in [0.1, 0.15) is 5.82 Å². The highest BCUT2D eigenvalue weighted by atomic mass is 19.1. The van der Waals surface area contributed by atoms with Crippen molar-refractivity contribution < 1.29 is 19.1 Å². The summed E-state index contributed by atoms with van der Waals surface area (Å²) >= 11 is 0. The first kappa shape index (κ1) is 11.7. The van der Waals surface area contributed by atoms with E-state index in [2.05, 4.69) is 20.7 Å². The lowest BCUT2D eigenvalue weighted by atomic mass is 10.1. The highest BCUT2D eigenvalue weighted by molar-refractivity contribution is 6.06. The maximum absolute atomic E-state index is 12.9. The Labute approximate surface area is 99.6 Å². The van der Waals surface area contributed by atoms with Crippen molar-refractivity contribution in [2.75, 3.05) is 5.32 Å². The summed E-state index contributed by atoms with van der Waals surface area (Å²) in [5.74, 6) is -2.69. The second-order valence-corrected chi connectivity index (χ2v) is 3.30. The number of carbonyl (C=O) groups excluding carboxylic acids is 1. The van der Waals surface area contributed by atoms with E-state index < -0.39 is 17.7 Å². The van der Waals surface area contributed by atoms with Gasteiger partial charge in [-0.05, 0) is 18.2 Å². The summed E-state index contributed by atoms with van der Waals surface area (Å²) < 4.78 is 12.9. The Morgan fingerprint density at radius 3 is 2.78 bits per heavy atom. The van der Waals surface area contributed by atoms with Crippen molar-refractivity contribution in [2.45, 2.75) is 0 Å². The normalized spacial score (nSPS) is 10.1. The van der Waals surface area contributed by atoms with E-state index in [9.17, 15) is 14.0 Å². The number of halogens is 1. The molecule has 0 saturated heterocycles. The highest BCUT2D eigenvalue weighted by Gasteiger charge is 2.15. The van der Waals surface area contributed by atoms with Crippen LogP contribution in [0.15, 0.2) is 24.4 Å². The number of amides is 1. The van der Waals surface area contributed by atoms with Crippen LogP contribution < -0.4 is 5.32 Å². The number of carboxylic acids is 1. The van der Waals surface area contributed by atoms with Gasteiger partial charge < -0.3 is 10.4 Å². The average molecular weight is 250 g/mol. The molecule has 0 saturated carbocycles. The molecule has 0 unspecified atom stereocenters. The van der Waals surface area contributed by atoms with Gasteiger partial charge in [-0.25, -0.2) is 9.18 Å². The van der Waals surface area contributed by atoms with Gasteiger partial charge in [-0.15, -0.1) is 0 Å². The van der Waals surface area contributed by atoms with E-state index in [1.165, 1.54) is 6.20 Å². The van der Waals surface area contributed by atoms with Gasteiger partial charge in [-0.3, -0.25) is 4.79 Å². The van der Waals surface area contributed by atoms with Crippen LogP contribution in [0.1, 0.15) is 20.8 Å². The Bertz CT molecular complexity index is 597. The van der Waals surface area contributed by atoms with E-state index in [4.69, 9.17) is 5.11 Å². The quantitative estimate of drug-likeness (QED) is 0.749. The van der Waals surface area contributed by atoms with Gasteiger partial charge in [0, 0.05) is 0 Å². The van der Waals surface area contributed by atoms with Crippen LogP contribution in [0.5, 0.6) is 0 Å². The molecule has 1 aromatic carbocycles. The van der Waals surface area contributed by atoms with Crippen LogP contribution in [0, 0.1) is 5.82 Å². The summed E-state index contributed by atoms with van der Waals surface area (Å²) in [4.78, 5) is 22.5. The molecular weight excluding hydrogens is 243 g/mol. The zero-order valence-electron chi connectivity index (χ0n) is 8.85. The lowest BCUT2D eigenvalue weighted by Crippen LogP contribution is -2.15. The van der Waals surface area contributed by atoms with E-state index in [0.717, 1.165) is 18.2 Å². The van der Waals surface area contributed by atoms with E-state index in [-0.39, 0.29) is 16.9 Å². The molecule has 2 aromatic rings. The maximum Gasteiger partial charge on any atom is 0.337 e. The Morgan fingerprint density at radius 2 is 2.17 bits per heavy atom. The van der Waals surface area contributed by atoms with Crippen LogP contribution in [-0.4, -0.2) is 32.4 Å². The minimum Gasteiger partial charge on any atom is -0.478 e. The number of carboxylic acid groups (broad SMARTS) is 1. The van der Waals surface area contributed by atoms with Gasteiger partial charge in [0.25, 0.3) is 5.91 Å². The fourth-order valence-corrected chi connectivity index (χ4v) is 1.30. The number of hydrogen-bond donors (Lipinski definition) is 3. The summed E-state index contributed by atoms with van der Waals surface area (Å²) in [5.41, 5.74) is -0.362. The van der Waals surface area contributed by atoms with Crippen LogP contribution in [-0.2, 0) is 0 Å². The van der Waals surface area contributed by atoms with E-state index in [1.54, 1.807) is 0 Å². The Kier molecular flexibility index (Phi) is 3.00. The second-order valence-electron chi connectivity index (χ2n) is 3.30. The number of carbonyl (C=O) groups is 2. The predicted octanol–water partition coefficient (Wildman–Crippen LogP) is 0.894. The largest absolute Gasteiger partial charge is 0.478 e. The molecule has 0 atom stereocenters. The van der Waals surface area contributed by atoms with Gasteiger partial charge in [-0.2, -0.15) is 15.4 Å². The lowest BCUT2D eigenvalue weighted by Gasteiger charge is -2.06. The van der Waals surface area contributed by atoms with Crippen LogP contribution in [0.3, 0.4) is 0 Å². The van der Waals surface area contributed by atoms with Crippen LogP contribution in [0.25, 0.3) is 0 Å². The van der Waals surface area contributed by atoms with Crippen molar-refractivity contribution >= 4 is 17.6 Å². The number of aromatic amines is 1. The molecule has 0 aliphatic carbocycles. The van der Waals surface area contributed by atoms with Gasteiger partial charge >= 0.3 is 5.97 Å². The Morgan fingerprint density at radius 1 is 1.39 bits per heavy atom. The highest BCUT2D eigenvalue weighted by Crippen LogP contribution is 2.17. The van der Waals surface area contributed by atoms with Gasteiger partial charge in [0.05, 0.1) is 17.4 Å². The molecule has 3 N–H and O–H groups in total. The molecule has 1 heterocycles. The summed E-state index contributed by atoms with van der Waals surface area (Å²) in [6.07, 6.45) is 1.18. The third-order valence-corrected chi connectivity index (χ3v) is 2.11. The first-order valence-electron chi connectivity index (χ1n) is 4.78. The van der Waals surface area contributed by atoms with Gasteiger partial charge in [-0.1, -0.05) is 0 Å². The smallest absolute Gasteiger partial charge is 0.337 e. The van der Waals surface area contributed by atoms with E-state index >= 15 is 0 Å². The summed E-state index contributed by atoms with van der Waals surface area (Å²) in [6, 6.07) is 3.03. The monoisotopic (exact) mass is 250 g/mol. The van der Waals surface area contributed by atoms with Gasteiger partial charge in [0.2, 0.25) is 0 Å². The number of aromatic carboxylic acids is 1. The summed E-state index contributed by atoms with van der Waals surface area (Å²) in [6.45, 7) is 0. The van der Waals surface area contributed by atoms with Crippen LogP contribution in [0.2, 0.25) is 0 Å². The number of rotatable bonds is 3. The zero-order chi connectivity index (χ0) is 13.1. The fraction of sp³-hybridized carbons (Fsp3) is 0. The predicted molar refractivity (Wildman–Crippen MR) is 57.7 cm³/mol. The Hall–Kier alpha value is -2.77. The molecule has 0 bridgehead atoms. The van der Waals surface area contributed by atoms with Gasteiger partial charge in [0.15, 0.2) is 5.69 Å². The molecule has 92 valence electrons. The molecule has 0 aliphatic rings. The lowest BCUT2D eigenvalue weighted by molar-refractivity contribution is 0.0697. The molecule has 0 spiro atoms. The number of aromatic nitrogens is 3. The van der Waals surface area contributed by atoms with Crippen LogP contribution in [0.4, 0.5) is 10.1 Å². The summed E-state index contributed by atoms with van der Waals surface area (Å²) in [5, 5.41) is 20.4. The topological polar surface area (TPSA) is 108 Å². The van der Waals surface area contributed by atoms with Crippen molar-refractivity contribution in [1.29, 1.82) is 0 Å². The standard InChI is InChI=1S/C10H7FN4O3/c11-5-1-2-7(6(3-5)10(17)18)13-9(16)8-4-12-15-14-8/h1-4H,(H,13,16)(H,17,18)(H,12,14,15). The minimum absolute atomic E-state index is 0.00402. The SMILES string of the molecule is O=C(Nc1ccc(F)cc1C(=O)O)c1cn[nH]n1. The van der Waals surface area contributed by atoms with Crippen molar-refractivity contribution in [3.63, 3.8) is 0 Å². The van der Waals surface area contributed by atoms with E-state index in [1.807, 2.05) is 0 Å². The molecular formula is C10H7FN4O3. The minimum atomic E-state index is -1.34. The van der Waals surface area contributed by atoms with Crippen LogP contribution >= 0.6 is 0 Å². The number of hydrogen-bond acceptors (Lipinski definition) is 4. The summed E-state index contributed by atoms with van der Waals surface area (Å²) in [7, 11) is 0. The molecule has 0 fully saturated rings. The number of nitrogens with zero attached hydrogens (tertiary/aromatic N) is 2. The number of nitrogens with one attached hydrogen (secondary N) is 2. The maximum atomic E-state index is 12.9. The number of H-pyrrole nitrogens is 1. The molecule has 0 aliphatic heterocycles. The Balaban J connectivity index is 2.29. The number of anilines is 1. The molecule has 8 heteroatoms. The van der Waals surface area contributed by atoms with Crippen molar-refractivity contribution in [3.8, 4) is 0 Å². The molecule has 18 heavy (non-hydrogen) atoms. The third-order valence-electron chi connectivity index (χ3n) is 2.11. The average Bonchev–Trinajstić information content (AvgIpc) is 2.84. The zero-order valence-corrected chi connectivity index (χ0v) is 8.85. The first-order chi connectivity index (χ1) is 8.58. The second kappa shape index (κ2) is 4.62. The van der Waals surface area contributed by atoms with Crippen molar-refractivity contribution in [3.05, 3.63) is 41.5 Å². The molecule has 1 aromatic heterocycles. The molecule has 7 nitrogen and oxygen atoms in total.